The fourth-order valence-corrected chi connectivity index (χ4v) is 3.10. The van der Waals surface area contributed by atoms with Crippen LogP contribution in [0.2, 0.25) is 0 Å². The highest BCUT2D eigenvalue weighted by atomic mass is 16.5. The van der Waals surface area contributed by atoms with E-state index in [2.05, 4.69) is 25.7 Å². The highest BCUT2D eigenvalue weighted by molar-refractivity contribution is 6.17. The van der Waals surface area contributed by atoms with Crippen LogP contribution in [-0.2, 0) is 4.74 Å². The number of amides is 2. The number of anilines is 2. The van der Waals surface area contributed by atoms with Crippen molar-refractivity contribution in [1.82, 2.24) is 10.4 Å². The molecule has 4 N–H and O–H groups in total. The van der Waals surface area contributed by atoms with Crippen molar-refractivity contribution < 1.29 is 19.4 Å². The molecule has 124 valence electrons. The van der Waals surface area contributed by atoms with Crippen molar-refractivity contribution in [2.24, 2.45) is 5.10 Å². The average molecular weight is 329 g/mol. The molecule has 1 saturated heterocycles. The largest absolute Gasteiger partial charge is 0.465 e. The number of nitrogens with one attached hydrogen (secondary N) is 3. The molecule has 2 aromatic rings. The molecule has 2 amide bonds. The molecule has 24 heavy (non-hydrogen) atoms. The third-order valence-electron chi connectivity index (χ3n) is 4.10. The van der Waals surface area contributed by atoms with Gasteiger partial charge in [-0.15, -0.1) is 0 Å². The zero-order valence-electron chi connectivity index (χ0n) is 12.6. The lowest BCUT2D eigenvalue weighted by atomic mass is 10.0. The Morgan fingerprint density at radius 3 is 2.88 bits per heavy atom. The number of carboxylic acid groups (broad SMARTS) is 1. The third-order valence-corrected chi connectivity index (χ3v) is 4.10. The maximum absolute atomic E-state index is 12.3. The molecule has 0 saturated carbocycles. The van der Waals surface area contributed by atoms with Crippen molar-refractivity contribution in [2.45, 2.75) is 0 Å². The third kappa shape index (κ3) is 2.35. The highest BCUT2D eigenvalue weighted by Crippen LogP contribution is 2.34. The Morgan fingerprint density at radius 1 is 1.33 bits per heavy atom. The number of H-pyrrole nitrogens is 1. The Balaban J connectivity index is 1.92. The minimum Gasteiger partial charge on any atom is -0.465 e. The van der Waals surface area contributed by atoms with Gasteiger partial charge in [-0.2, -0.15) is 5.10 Å². The molecule has 1 aromatic heterocycles. The zero-order chi connectivity index (χ0) is 16.7. The van der Waals surface area contributed by atoms with Gasteiger partial charge in [0.25, 0.3) is 5.91 Å². The topological polar surface area (TPSA) is 119 Å². The van der Waals surface area contributed by atoms with Crippen molar-refractivity contribution in [3.8, 4) is 0 Å². The van der Waals surface area contributed by atoms with E-state index in [0.717, 1.165) is 29.9 Å². The lowest BCUT2D eigenvalue weighted by molar-refractivity contribution is 0.0957. The number of aromatic amines is 1. The Labute approximate surface area is 136 Å². The molecule has 0 bridgehead atoms. The Kier molecular flexibility index (Phi) is 3.35. The van der Waals surface area contributed by atoms with Crippen LogP contribution in [0.4, 0.5) is 16.3 Å². The number of rotatable bonds is 2. The standard InChI is InChI=1S/C15H15N5O4/c21-14-9-5-8(17-15(22)23)6-11-12(9)10(7-16-19-14)13(18-11)20-1-3-24-4-2-20/h5-7,17-18H,1-4H2,(H,19,21)(H,22,23). The van der Waals surface area contributed by atoms with E-state index >= 15 is 0 Å². The van der Waals surface area contributed by atoms with Crippen LogP contribution in [0.3, 0.4) is 0 Å². The van der Waals surface area contributed by atoms with E-state index < -0.39 is 6.09 Å². The number of hydrogen-bond acceptors (Lipinski definition) is 5. The van der Waals surface area contributed by atoms with Crippen LogP contribution in [0, 0.1) is 0 Å². The molecule has 0 spiro atoms. The van der Waals surface area contributed by atoms with E-state index in [4.69, 9.17) is 9.84 Å². The van der Waals surface area contributed by atoms with Crippen LogP contribution < -0.4 is 15.6 Å². The van der Waals surface area contributed by atoms with Crippen molar-refractivity contribution in [3.63, 3.8) is 0 Å². The molecular formula is C15H15N5O4. The van der Waals surface area contributed by atoms with E-state index in [1.165, 1.54) is 6.07 Å². The number of carbonyl (C=O) groups is 2. The minimum atomic E-state index is -1.19. The lowest BCUT2D eigenvalue weighted by Crippen LogP contribution is -2.36. The number of benzene rings is 1. The van der Waals surface area contributed by atoms with Gasteiger partial charge < -0.3 is 19.7 Å². The Bertz CT molecular complexity index is 866. The monoisotopic (exact) mass is 329 g/mol. The second kappa shape index (κ2) is 5.53. The van der Waals surface area contributed by atoms with Crippen LogP contribution in [0.5, 0.6) is 0 Å². The predicted octanol–water partition coefficient (Wildman–Crippen LogP) is 1.17. The summed E-state index contributed by atoms with van der Waals surface area (Å²) in [7, 11) is 0. The second-order valence-electron chi connectivity index (χ2n) is 5.56. The van der Waals surface area contributed by atoms with Crippen molar-refractivity contribution in [3.05, 3.63) is 23.3 Å². The number of aromatic nitrogens is 1. The summed E-state index contributed by atoms with van der Waals surface area (Å²) in [5, 5.41) is 15.9. The summed E-state index contributed by atoms with van der Waals surface area (Å²) >= 11 is 0. The van der Waals surface area contributed by atoms with Gasteiger partial charge >= 0.3 is 6.09 Å². The maximum Gasteiger partial charge on any atom is 0.409 e. The Hall–Kier alpha value is -3.07. The molecule has 1 aromatic carbocycles. The number of carbonyl (C=O) groups excluding carboxylic acids is 1. The lowest BCUT2D eigenvalue weighted by Gasteiger charge is -2.28. The van der Waals surface area contributed by atoms with Crippen molar-refractivity contribution >= 4 is 40.6 Å². The SMILES string of the molecule is O=C(O)Nc1cc2c3c(c(N4CCOCC4)[nH]c3c1)C=NNC2=O. The molecule has 9 heteroatoms. The van der Waals surface area contributed by atoms with Gasteiger partial charge in [0.2, 0.25) is 0 Å². The zero-order valence-corrected chi connectivity index (χ0v) is 12.6. The number of hydrogen-bond donors (Lipinski definition) is 4. The summed E-state index contributed by atoms with van der Waals surface area (Å²) in [4.78, 5) is 28.6. The molecule has 0 unspecified atom stereocenters. The van der Waals surface area contributed by atoms with Gasteiger partial charge in [0.15, 0.2) is 0 Å². The first-order chi connectivity index (χ1) is 11.6. The summed E-state index contributed by atoms with van der Waals surface area (Å²) in [5.41, 5.74) is 4.63. The summed E-state index contributed by atoms with van der Waals surface area (Å²) in [6.07, 6.45) is 0.425. The van der Waals surface area contributed by atoms with Crippen molar-refractivity contribution in [2.75, 3.05) is 36.5 Å². The van der Waals surface area contributed by atoms with Gasteiger partial charge in [0.1, 0.15) is 5.82 Å². The first-order valence-corrected chi connectivity index (χ1v) is 7.49. The first-order valence-electron chi connectivity index (χ1n) is 7.49. The normalized spacial score (nSPS) is 16.8. The summed E-state index contributed by atoms with van der Waals surface area (Å²) < 4.78 is 5.38. The number of morpholine rings is 1. The Morgan fingerprint density at radius 2 is 2.12 bits per heavy atom. The molecular weight excluding hydrogens is 314 g/mol. The quantitative estimate of drug-likeness (QED) is 0.659. The van der Waals surface area contributed by atoms with Gasteiger partial charge in [-0.25, -0.2) is 10.2 Å². The fraction of sp³-hybridized carbons (Fsp3) is 0.267. The molecule has 2 aliphatic rings. The van der Waals surface area contributed by atoms with Crippen LogP contribution in [0.1, 0.15) is 15.9 Å². The number of ether oxygens (including phenoxy) is 1. The summed E-state index contributed by atoms with van der Waals surface area (Å²) in [5.74, 6) is 0.471. The molecule has 1 fully saturated rings. The van der Waals surface area contributed by atoms with E-state index in [1.807, 2.05) is 0 Å². The molecule has 2 aliphatic heterocycles. The molecule has 0 atom stereocenters. The van der Waals surface area contributed by atoms with Crippen molar-refractivity contribution in [1.29, 1.82) is 0 Å². The first kappa shape index (κ1) is 14.5. The smallest absolute Gasteiger partial charge is 0.409 e. The van der Waals surface area contributed by atoms with Crippen LogP contribution in [-0.4, -0.2) is 54.6 Å². The number of hydrazone groups is 1. The predicted molar refractivity (Wildman–Crippen MR) is 88.0 cm³/mol. The molecule has 3 heterocycles. The van der Waals surface area contributed by atoms with Crippen LogP contribution in [0.15, 0.2) is 17.2 Å². The molecule has 0 radical (unpaired) electrons. The minimum absolute atomic E-state index is 0.323. The van der Waals surface area contributed by atoms with Gasteiger partial charge in [0, 0.05) is 29.7 Å². The summed E-state index contributed by atoms with van der Waals surface area (Å²) in [6, 6.07) is 3.19. The highest BCUT2D eigenvalue weighted by Gasteiger charge is 2.25. The molecule has 4 rings (SSSR count). The second-order valence-corrected chi connectivity index (χ2v) is 5.56. The number of nitrogens with zero attached hydrogens (tertiary/aromatic N) is 2. The van der Waals surface area contributed by atoms with E-state index in [-0.39, 0.29) is 5.91 Å². The van der Waals surface area contributed by atoms with Gasteiger partial charge in [0.05, 0.1) is 30.5 Å². The average Bonchev–Trinajstić information content (AvgIpc) is 2.84. The summed E-state index contributed by atoms with van der Waals surface area (Å²) in [6.45, 7) is 2.71. The molecule has 9 nitrogen and oxygen atoms in total. The van der Waals surface area contributed by atoms with E-state index in [1.54, 1.807) is 12.3 Å². The van der Waals surface area contributed by atoms with Gasteiger partial charge in [-0.1, -0.05) is 0 Å². The maximum atomic E-state index is 12.3. The molecule has 0 aliphatic carbocycles. The van der Waals surface area contributed by atoms with Crippen LogP contribution in [0.25, 0.3) is 10.9 Å². The fourth-order valence-electron chi connectivity index (χ4n) is 3.10. The van der Waals surface area contributed by atoms with Gasteiger partial charge in [-0.05, 0) is 12.1 Å². The van der Waals surface area contributed by atoms with Crippen LogP contribution >= 0.6 is 0 Å². The van der Waals surface area contributed by atoms with Gasteiger partial charge in [-0.3, -0.25) is 10.1 Å². The van der Waals surface area contributed by atoms with E-state index in [9.17, 15) is 9.59 Å². The van der Waals surface area contributed by atoms with E-state index in [0.29, 0.717) is 30.0 Å².